The fourth-order valence-electron chi connectivity index (χ4n) is 3.52. The summed E-state index contributed by atoms with van der Waals surface area (Å²) in [5.41, 5.74) is 4.57. The predicted molar refractivity (Wildman–Crippen MR) is 72.4 cm³/mol. The Kier molecular flexibility index (Phi) is 3.01. The fourth-order valence-corrected chi connectivity index (χ4v) is 3.52. The summed E-state index contributed by atoms with van der Waals surface area (Å²) in [4.78, 5) is 25.0. The number of nitrogens with zero attached hydrogens (tertiary/aromatic N) is 1. The van der Waals surface area contributed by atoms with E-state index in [0.717, 1.165) is 31.4 Å². The molecule has 1 aromatic carbocycles. The Morgan fingerprint density at radius 2 is 2.15 bits per heavy atom. The number of fused-ring (bicyclic) bond motifs is 1. The minimum atomic E-state index is -0.483. The van der Waals surface area contributed by atoms with Gasteiger partial charge in [-0.25, -0.2) is 5.48 Å². The summed E-state index contributed by atoms with van der Waals surface area (Å²) in [7, 11) is 1.86. The zero-order valence-corrected chi connectivity index (χ0v) is 11.5. The Bertz CT molecular complexity index is 584. The first-order valence-corrected chi connectivity index (χ1v) is 6.83. The van der Waals surface area contributed by atoms with E-state index in [0.29, 0.717) is 12.0 Å². The molecule has 1 atom stereocenters. The summed E-state index contributed by atoms with van der Waals surface area (Å²) >= 11 is 0. The molecule has 0 saturated carbocycles. The predicted octanol–water partition coefficient (Wildman–Crippen LogP) is 1.14. The van der Waals surface area contributed by atoms with E-state index in [2.05, 4.69) is 0 Å². The highest BCUT2D eigenvalue weighted by atomic mass is 16.5. The van der Waals surface area contributed by atoms with E-state index in [1.54, 1.807) is 11.5 Å². The molecule has 1 saturated heterocycles. The van der Waals surface area contributed by atoms with Crippen molar-refractivity contribution in [1.29, 1.82) is 0 Å². The first kappa shape index (κ1) is 13.1. The van der Waals surface area contributed by atoms with Gasteiger partial charge in [-0.05, 0) is 42.5 Å². The van der Waals surface area contributed by atoms with Crippen LogP contribution in [0.15, 0.2) is 18.2 Å². The van der Waals surface area contributed by atoms with Crippen molar-refractivity contribution < 1.29 is 14.8 Å². The van der Waals surface area contributed by atoms with Crippen LogP contribution in [0.1, 0.15) is 34.3 Å². The maximum absolute atomic E-state index is 11.8. The molecule has 2 N–H and O–H groups in total. The van der Waals surface area contributed by atoms with Crippen LogP contribution in [0.5, 0.6) is 0 Å². The molecule has 5 nitrogen and oxygen atoms in total. The standard InChI is InChI=1S/C15H18N2O3/c1-17-9-15(8-13(17)18)5-4-10-6-11(14(19)16-20)2-3-12(10)7-15/h2-3,6,20H,4-5,7-9H2,1H3,(H,16,19)/t15-/m0/s1. The van der Waals surface area contributed by atoms with Crippen LogP contribution in [-0.4, -0.2) is 35.5 Å². The van der Waals surface area contributed by atoms with Gasteiger partial charge in [0.05, 0.1) is 0 Å². The van der Waals surface area contributed by atoms with Crippen LogP contribution in [0.3, 0.4) is 0 Å². The third kappa shape index (κ3) is 2.08. The minimum absolute atomic E-state index is 0.0690. The van der Waals surface area contributed by atoms with Crippen LogP contribution < -0.4 is 5.48 Å². The minimum Gasteiger partial charge on any atom is -0.345 e. The van der Waals surface area contributed by atoms with Gasteiger partial charge in [0.1, 0.15) is 0 Å². The summed E-state index contributed by atoms with van der Waals surface area (Å²) in [5.74, 6) is -0.256. The monoisotopic (exact) mass is 274 g/mol. The van der Waals surface area contributed by atoms with Gasteiger partial charge in [-0.2, -0.15) is 0 Å². The van der Waals surface area contributed by atoms with E-state index in [1.165, 1.54) is 5.56 Å². The summed E-state index contributed by atoms with van der Waals surface area (Å²) in [6, 6.07) is 5.52. The molecule has 0 bridgehead atoms. The van der Waals surface area contributed by atoms with E-state index in [9.17, 15) is 9.59 Å². The number of amides is 2. The largest absolute Gasteiger partial charge is 0.345 e. The summed E-state index contributed by atoms with van der Waals surface area (Å²) in [6.45, 7) is 0.824. The molecule has 2 aliphatic rings. The highest BCUT2D eigenvalue weighted by Crippen LogP contribution is 2.42. The average molecular weight is 274 g/mol. The van der Waals surface area contributed by atoms with E-state index in [4.69, 9.17) is 5.21 Å². The molecule has 1 aliphatic carbocycles. The maximum Gasteiger partial charge on any atom is 0.274 e. The van der Waals surface area contributed by atoms with Gasteiger partial charge in [0.25, 0.3) is 5.91 Å². The number of hydroxylamine groups is 1. The van der Waals surface area contributed by atoms with Crippen molar-refractivity contribution in [3.8, 4) is 0 Å². The van der Waals surface area contributed by atoms with Crippen molar-refractivity contribution in [2.45, 2.75) is 25.7 Å². The van der Waals surface area contributed by atoms with Gasteiger partial charge >= 0.3 is 0 Å². The van der Waals surface area contributed by atoms with Crippen molar-refractivity contribution in [3.63, 3.8) is 0 Å². The normalized spacial score (nSPS) is 24.9. The molecule has 0 unspecified atom stereocenters. The summed E-state index contributed by atoms with van der Waals surface area (Å²) in [6.07, 6.45) is 3.37. The second kappa shape index (κ2) is 4.59. The second-order valence-electron chi connectivity index (χ2n) is 6.03. The number of benzene rings is 1. The van der Waals surface area contributed by atoms with Crippen LogP contribution in [0.4, 0.5) is 0 Å². The number of carbonyl (C=O) groups excluding carboxylic acids is 2. The second-order valence-corrected chi connectivity index (χ2v) is 6.03. The van der Waals surface area contributed by atoms with Crippen molar-refractivity contribution in [1.82, 2.24) is 10.4 Å². The Labute approximate surface area is 117 Å². The number of likely N-dealkylation sites (tertiary alicyclic amines) is 1. The molecule has 1 heterocycles. The molecular weight excluding hydrogens is 256 g/mol. The topological polar surface area (TPSA) is 69.6 Å². The highest BCUT2D eigenvalue weighted by Gasteiger charge is 2.43. The van der Waals surface area contributed by atoms with E-state index >= 15 is 0 Å². The lowest BCUT2D eigenvalue weighted by Crippen LogP contribution is -2.32. The first-order chi connectivity index (χ1) is 9.53. The maximum atomic E-state index is 11.8. The van der Waals surface area contributed by atoms with Crippen LogP contribution >= 0.6 is 0 Å². The van der Waals surface area contributed by atoms with Crippen molar-refractivity contribution >= 4 is 11.8 Å². The molecule has 5 heteroatoms. The van der Waals surface area contributed by atoms with Crippen LogP contribution in [0.25, 0.3) is 0 Å². The quantitative estimate of drug-likeness (QED) is 0.596. The van der Waals surface area contributed by atoms with Gasteiger partial charge in [0, 0.05) is 31.0 Å². The summed E-state index contributed by atoms with van der Waals surface area (Å²) < 4.78 is 0. The molecule has 1 fully saturated rings. The average Bonchev–Trinajstić information content (AvgIpc) is 2.71. The van der Waals surface area contributed by atoms with Gasteiger partial charge in [0.2, 0.25) is 5.91 Å². The van der Waals surface area contributed by atoms with Crippen molar-refractivity contribution in [3.05, 3.63) is 34.9 Å². The van der Waals surface area contributed by atoms with E-state index < -0.39 is 5.91 Å². The zero-order valence-electron chi connectivity index (χ0n) is 11.5. The molecule has 2 amide bonds. The number of hydrogen-bond donors (Lipinski definition) is 2. The van der Waals surface area contributed by atoms with Crippen molar-refractivity contribution in [2.24, 2.45) is 5.41 Å². The lowest BCUT2D eigenvalue weighted by molar-refractivity contribution is -0.126. The number of hydrogen-bond acceptors (Lipinski definition) is 3. The van der Waals surface area contributed by atoms with E-state index in [1.807, 2.05) is 24.1 Å². The number of rotatable bonds is 1. The lowest BCUT2D eigenvalue weighted by atomic mass is 9.71. The number of carbonyl (C=O) groups is 2. The third-order valence-corrected chi connectivity index (χ3v) is 4.58. The molecule has 3 rings (SSSR count). The highest BCUT2D eigenvalue weighted by molar-refractivity contribution is 5.93. The molecule has 106 valence electrons. The SMILES string of the molecule is CN1C[C@]2(CCc3cc(C(=O)NO)ccc3C2)CC1=O. The van der Waals surface area contributed by atoms with Crippen LogP contribution in [0, 0.1) is 5.41 Å². The Balaban J connectivity index is 1.86. The number of aryl methyl sites for hydroxylation is 1. The smallest absolute Gasteiger partial charge is 0.274 e. The molecular formula is C15H18N2O3. The molecule has 1 aliphatic heterocycles. The molecule has 0 radical (unpaired) electrons. The van der Waals surface area contributed by atoms with Crippen LogP contribution in [0.2, 0.25) is 0 Å². The molecule has 0 aromatic heterocycles. The van der Waals surface area contributed by atoms with Crippen LogP contribution in [-0.2, 0) is 17.6 Å². The van der Waals surface area contributed by atoms with Gasteiger partial charge in [0.15, 0.2) is 0 Å². The first-order valence-electron chi connectivity index (χ1n) is 6.83. The van der Waals surface area contributed by atoms with Gasteiger partial charge in [-0.15, -0.1) is 0 Å². The molecule has 1 aromatic rings. The fraction of sp³-hybridized carbons (Fsp3) is 0.467. The molecule has 20 heavy (non-hydrogen) atoms. The summed E-state index contributed by atoms with van der Waals surface area (Å²) in [5, 5.41) is 8.68. The Morgan fingerprint density at radius 3 is 2.80 bits per heavy atom. The lowest BCUT2D eigenvalue weighted by Gasteiger charge is -2.34. The van der Waals surface area contributed by atoms with Gasteiger partial charge < -0.3 is 4.90 Å². The third-order valence-electron chi connectivity index (χ3n) is 4.58. The number of nitrogens with one attached hydrogen (secondary N) is 1. The van der Waals surface area contributed by atoms with Gasteiger partial charge in [-0.1, -0.05) is 6.07 Å². The Morgan fingerprint density at radius 1 is 1.35 bits per heavy atom. The zero-order chi connectivity index (χ0) is 14.3. The van der Waals surface area contributed by atoms with Crippen molar-refractivity contribution in [2.75, 3.05) is 13.6 Å². The van der Waals surface area contributed by atoms with Gasteiger partial charge in [-0.3, -0.25) is 14.8 Å². The van der Waals surface area contributed by atoms with E-state index in [-0.39, 0.29) is 11.3 Å². The molecule has 1 spiro atoms. The Hall–Kier alpha value is -1.88.